The number of rotatable bonds is 2. The molecular formula is C14H16BrN3O. The molecule has 2 aromatic rings. The fourth-order valence-electron chi connectivity index (χ4n) is 2.45. The summed E-state index contributed by atoms with van der Waals surface area (Å²) in [6, 6.07) is 6.08. The fourth-order valence-corrected chi connectivity index (χ4v) is 2.93. The van der Waals surface area contributed by atoms with Crippen LogP contribution in [0, 0.1) is 6.92 Å². The van der Waals surface area contributed by atoms with E-state index in [9.17, 15) is 0 Å². The highest BCUT2D eigenvalue weighted by atomic mass is 79.9. The lowest BCUT2D eigenvalue weighted by molar-refractivity contribution is 0.322. The van der Waals surface area contributed by atoms with Crippen LogP contribution in [0.3, 0.4) is 0 Å². The first-order chi connectivity index (χ1) is 9.24. The zero-order valence-electron chi connectivity index (χ0n) is 10.8. The maximum Gasteiger partial charge on any atom is 0.231 e. The van der Waals surface area contributed by atoms with Crippen LogP contribution in [0.4, 0.5) is 0 Å². The highest BCUT2D eigenvalue weighted by molar-refractivity contribution is 9.10. The maximum atomic E-state index is 5.43. The van der Waals surface area contributed by atoms with E-state index in [1.807, 2.05) is 12.1 Å². The first-order valence-corrected chi connectivity index (χ1v) is 7.34. The molecule has 2 heterocycles. The predicted octanol–water partition coefficient (Wildman–Crippen LogP) is 3.27. The van der Waals surface area contributed by atoms with Crippen LogP contribution in [0.2, 0.25) is 0 Å². The first-order valence-electron chi connectivity index (χ1n) is 6.55. The molecule has 0 unspecified atom stereocenters. The molecule has 0 radical (unpaired) electrons. The van der Waals surface area contributed by atoms with Gasteiger partial charge in [-0.3, -0.25) is 0 Å². The van der Waals surface area contributed by atoms with Gasteiger partial charge < -0.3 is 9.84 Å². The molecule has 4 nitrogen and oxygen atoms in total. The Hall–Kier alpha value is -1.20. The van der Waals surface area contributed by atoms with Crippen molar-refractivity contribution in [2.24, 2.45) is 0 Å². The van der Waals surface area contributed by atoms with E-state index < -0.39 is 0 Å². The molecule has 1 N–H and O–H groups in total. The van der Waals surface area contributed by atoms with Gasteiger partial charge in [0.2, 0.25) is 11.7 Å². The highest BCUT2D eigenvalue weighted by Crippen LogP contribution is 2.27. The summed E-state index contributed by atoms with van der Waals surface area (Å²) in [5.74, 6) is 1.79. The van der Waals surface area contributed by atoms with Crippen molar-refractivity contribution in [3.05, 3.63) is 34.1 Å². The Bertz CT molecular complexity index is 576. The van der Waals surface area contributed by atoms with Gasteiger partial charge in [-0.05, 0) is 50.1 Å². The van der Waals surface area contributed by atoms with Crippen molar-refractivity contribution in [2.75, 3.05) is 13.1 Å². The molecular weight excluding hydrogens is 306 g/mol. The second-order valence-electron chi connectivity index (χ2n) is 4.96. The number of piperidine rings is 1. The SMILES string of the molecule is Cc1cc(Br)ccc1-c1noc([C@H]2CCCNC2)n1. The molecule has 1 fully saturated rings. The summed E-state index contributed by atoms with van der Waals surface area (Å²) < 4.78 is 6.49. The summed E-state index contributed by atoms with van der Waals surface area (Å²) in [4.78, 5) is 4.56. The number of nitrogens with zero attached hydrogens (tertiary/aromatic N) is 2. The number of benzene rings is 1. The third kappa shape index (κ3) is 2.72. The number of aromatic nitrogens is 2. The second kappa shape index (κ2) is 5.43. The standard InChI is InChI=1S/C14H16BrN3O/c1-9-7-11(15)4-5-12(9)13-17-14(19-18-13)10-3-2-6-16-8-10/h4-5,7,10,16H,2-3,6,8H2,1H3/t10-/m0/s1. The second-order valence-corrected chi connectivity index (χ2v) is 5.87. The van der Waals surface area contributed by atoms with Crippen molar-refractivity contribution in [2.45, 2.75) is 25.7 Å². The van der Waals surface area contributed by atoms with Gasteiger partial charge in [-0.15, -0.1) is 0 Å². The molecule has 1 aromatic heterocycles. The Morgan fingerprint density at radius 3 is 3.05 bits per heavy atom. The average Bonchev–Trinajstić information content (AvgIpc) is 2.89. The van der Waals surface area contributed by atoms with Gasteiger partial charge in [-0.1, -0.05) is 21.1 Å². The van der Waals surface area contributed by atoms with Crippen LogP contribution in [0.25, 0.3) is 11.4 Å². The quantitative estimate of drug-likeness (QED) is 0.922. The molecule has 0 amide bonds. The van der Waals surface area contributed by atoms with Crippen molar-refractivity contribution >= 4 is 15.9 Å². The summed E-state index contributed by atoms with van der Waals surface area (Å²) in [6.07, 6.45) is 2.29. The van der Waals surface area contributed by atoms with Crippen LogP contribution in [0.5, 0.6) is 0 Å². The minimum atomic E-state index is 0.353. The Morgan fingerprint density at radius 2 is 2.32 bits per heavy atom. The van der Waals surface area contributed by atoms with Gasteiger partial charge >= 0.3 is 0 Å². The molecule has 19 heavy (non-hydrogen) atoms. The van der Waals surface area contributed by atoms with Crippen molar-refractivity contribution in [3.63, 3.8) is 0 Å². The van der Waals surface area contributed by atoms with Crippen LogP contribution in [0.1, 0.15) is 30.2 Å². The number of nitrogens with one attached hydrogen (secondary N) is 1. The molecule has 0 spiro atoms. The van der Waals surface area contributed by atoms with Gasteiger partial charge in [0, 0.05) is 16.6 Å². The molecule has 100 valence electrons. The molecule has 1 aromatic carbocycles. The lowest BCUT2D eigenvalue weighted by Gasteiger charge is -2.18. The van der Waals surface area contributed by atoms with Crippen molar-refractivity contribution in [3.8, 4) is 11.4 Å². The number of hydrogen-bond acceptors (Lipinski definition) is 4. The lowest BCUT2D eigenvalue weighted by atomic mass is 10.00. The van der Waals surface area contributed by atoms with Gasteiger partial charge in [0.1, 0.15) is 0 Å². The summed E-state index contributed by atoms with van der Waals surface area (Å²) in [5.41, 5.74) is 2.17. The van der Waals surface area contributed by atoms with Gasteiger partial charge in [-0.2, -0.15) is 4.98 Å². The molecule has 5 heteroatoms. The van der Waals surface area contributed by atoms with E-state index in [1.165, 1.54) is 6.42 Å². The van der Waals surface area contributed by atoms with Gasteiger partial charge in [0.05, 0.1) is 5.92 Å². The predicted molar refractivity (Wildman–Crippen MR) is 77.0 cm³/mol. The topological polar surface area (TPSA) is 51.0 Å². The van der Waals surface area contributed by atoms with E-state index >= 15 is 0 Å². The molecule has 1 aliphatic heterocycles. The van der Waals surface area contributed by atoms with Gasteiger partial charge in [0.25, 0.3) is 0 Å². The smallest absolute Gasteiger partial charge is 0.231 e. The van der Waals surface area contributed by atoms with Crippen molar-refractivity contribution in [1.29, 1.82) is 0 Å². The lowest BCUT2D eigenvalue weighted by Crippen LogP contribution is -2.28. The highest BCUT2D eigenvalue weighted by Gasteiger charge is 2.22. The van der Waals surface area contributed by atoms with E-state index in [-0.39, 0.29) is 0 Å². The molecule has 1 aliphatic rings. The first kappa shape index (κ1) is 12.8. The Morgan fingerprint density at radius 1 is 1.42 bits per heavy atom. The van der Waals surface area contributed by atoms with Crippen LogP contribution >= 0.6 is 15.9 Å². The molecule has 1 saturated heterocycles. The monoisotopic (exact) mass is 321 g/mol. The van der Waals surface area contributed by atoms with Crippen molar-refractivity contribution in [1.82, 2.24) is 15.5 Å². The Kier molecular flexibility index (Phi) is 3.66. The van der Waals surface area contributed by atoms with Crippen LogP contribution in [-0.2, 0) is 0 Å². The Labute approximate surface area is 120 Å². The number of halogens is 1. The van der Waals surface area contributed by atoms with E-state index in [1.54, 1.807) is 0 Å². The summed E-state index contributed by atoms with van der Waals surface area (Å²) in [6.45, 7) is 4.07. The summed E-state index contributed by atoms with van der Waals surface area (Å²) >= 11 is 3.46. The molecule has 0 bridgehead atoms. The molecule has 0 saturated carbocycles. The van der Waals surface area contributed by atoms with E-state index in [2.05, 4.69) is 44.4 Å². The van der Waals surface area contributed by atoms with E-state index in [0.717, 1.165) is 41.0 Å². The van der Waals surface area contributed by atoms with Crippen LogP contribution in [-0.4, -0.2) is 23.2 Å². The zero-order chi connectivity index (χ0) is 13.2. The van der Waals surface area contributed by atoms with E-state index in [4.69, 9.17) is 4.52 Å². The van der Waals surface area contributed by atoms with Gasteiger partial charge in [0.15, 0.2) is 0 Å². The number of aryl methyl sites for hydroxylation is 1. The zero-order valence-corrected chi connectivity index (χ0v) is 12.4. The number of hydrogen-bond donors (Lipinski definition) is 1. The third-order valence-corrected chi connectivity index (χ3v) is 4.01. The molecule has 1 atom stereocenters. The van der Waals surface area contributed by atoms with Crippen LogP contribution < -0.4 is 5.32 Å². The summed E-state index contributed by atoms with van der Waals surface area (Å²) in [5, 5.41) is 7.49. The maximum absolute atomic E-state index is 5.43. The normalized spacial score (nSPS) is 19.6. The average molecular weight is 322 g/mol. The third-order valence-electron chi connectivity index (χ3n) is 3.52. The minimum Gasteiger partial charge on any atom is -0.339 e. The van der Waals surface area contributed by atoms with Gasteiger partial charge in [-0.25, -0.2) is 0 Å². The van der Waals surface area contributed by atoms with Crippen molar-refractivity contribution < 1.29 is 4.52 Å². The summed E-state index contributed by atoms with van der Waals surface area (Å²) in [7, 11) is 0. The minimum absolute atomic E-state index is 0.353. The largest absolute Gasteiger partial charge is 0.339 e. The van der Waals surface area contributed by atoms with Crippen LogP contribution in [0.15, 0.2) is 27.2 Å². The van der Waals surface area contributed by atoms with E-state index in [0.29, 0.717) is 11.7 Å². The Balaban J connectivity index is 1.87. The molecule has 3 rings (SSSR count). The molecule has 0 aliphatic carbocycles. The fraction of sp³-hybridized carbons (Fsp3) is 0.429.